The molecule has 3 N–H and O–H groups in total. The molecule has 4 aromatic rings. The van der Waals surface area contributed by atoms with Gasteiger partial charge in [-0.2, -0.15) is 10.4 Å². The number of carbonyl (C=O) groups excluding carboxylic acids is 1. The normalized spacial score (nSPS) is 15.2. The topological polar surface area (TPSA) is 143 Å². The molecule has 0 spiro atoms. The van der Waals surface area contributed by atoms with E-state index in [-0.39, 0.29) is 12.0 Å². The SMILES string of the molecule is Cc1ccnc(C(N)=O)c1C1(C)CCN(c2ccc(-c3cc(OCC(C)(C)O)cn4ncc(C#N)c34)cn2)CC1. The molecule has 0 saturated carbocycles. The van der Waals surface area contributed by atoms with Crippen LogP contribution in [0.25, 0.3) is 16.6 Å². The Morgan fingerprint density at radius 1 is 1.23 bits per heavy atom. The summed E-state index contributed by atoms with van der Waals surface area (Å²) in [7, 11) is 0. The summed E-state index contributed by atoms with van der Waals surface area (Å²) >= 11 is 0. The number of hydrogen-bond acceptors (Lipinski definition) is 8. The third-order valence-electron chi connectivity index (χ3n) is 7.55. The van der Waals surface area contributed by atoms with E-state index >= 15 is 0 Å². The zero-order chi connectivity index (χ0) is 28.7. The summed E-state index contributed by atoms with van der Waals surface area (Å²) in [6.45, 7) is 9.16. The molecule has 0 radical (unpaired) electrons. The average molecular weight is 540 g/mol. The largest absolute Gasteiger partial charge is 0.489 e. The average Bonchev–Trinajstić information content (AvgIpc) is 3.34. The van der Waals surface area contributed by atoms with E-state index in [9.17, 15) is 15.2 Å². The number of aliphatic hydroxyl groups is 1. The maximum atomic E-state index is 12.1. The first kappa shape index (κ1) is 27.1. The fraction of sp³-hybridized carbons (Fsp3) is 0.367. The van der Waals surface area contributed by atoms with Crippen LogP contribution in [0, 0.1) is 18.3 Å². The zero-order valence-electron chi connectivity index (χ0n) is 23.2. The van der Waals surface area contributed by atoms with E-state index in [1.165, 1.54) is 6.20 Å². The van der Waals surface area contributed by atoms with Crippen molar-refractivity contribution in [2.24, 2.45) is 5.73 Å². The van der Waals surface area contributed by atoms with E-state index in [1.54, 1.807) is 37.0 Å². The molecule has 0 aromatic carbocycles. The molecule has 1 saturated heterocycles. The van der Waals surface area contributed by atoms with Crippen molar-refractivity contribution in [1.82, 2.24) is 19.6 Å². The molecular formula is C30H33N7O3. The summed E-state index contributed by atoms with van der Waals surface area (Å²) in [4.78, 5) is 23.4. The molecule has 0 unspecified atom stereocenters. The second-order valence-electron chi connectivity index (χ2n) is 11.3. The molecule has 0 bridgehead atoms. The van der Waals surface area contributed by atoms with Gasteiger partial charge in [0.1, 0.15) is 29.9 Å². The van der Waals surface area contributed by atoms with Crippen molar-refractivity contribution in [3.05, 3.63) is 71.4 Å². The summed E-state index contributed by atoms with van der Waals surface area (Å²) < 4.78 is 7.45. The van der Waals surface area contributed by atoms with Gasteiger partial charge in [0.05, 0.1) is 29.1 Å². The van der Waals surface area contributed by atoms with E-state index in [0.717, 1.165) is 54.0 Å². The standard InChI is InChI=1S/C30H33N7O3/c1-19-7-10-33-26(28(32)38)25(19)30(4)8-11-36(12-9-30)24-6-5-20(15-34-24)23-13-22(40-18-29(2,3)39)17-37-27(23)21(14-31)16-35-37/h5-7,10,13,15-17,39H,8-9,11-12,18H2,1-4H3,(H2,32,38). The summed E-state index contributed by atoms with van der Waals surface area (Å²) in [5.41, 5.74) is 9.46. The number of hydrogen-bond donors (Lipinski definition) is 2. The minimum absolute atomic E-state index is 0.106. The molecule has 1 amide bonds. The number of aryl methyl sites for hydroxylation is 1. The van der Waals surface area contributed by atoms with Crippen LogP contribution in [0.4, 0.5) is 5.82 Å². The van der Waals surface area contributed by atoms with Crippen LogP contribution in [0.15, 0.2) is 49.1 Å². The number of nitrogens with two attached hydrogens (primary N) is 1. The van der Waals surface area contributed by atoms with Gasteiger partial charge >= 0.3 is 0 Å². The highest BCUT2D eigenvalue weighted by Gasteiger charge is 2.36. The van der Waals surface area contributed by atoms with Crippen LogP contribution >= 0.6 is 0 Å². The van der Waals surface area contributed by atoms with Crippen molar-refractivity contribution in [2.45, 2.75) is 51.6 Å². The van der Waals surface area contributed by atoms with Crippen molar-refractivity contribution >= 4 is 17.2 Å². The summed E-state index contributed by atoms with van der Waals surface area (Å²) in [6, 6.07) is 9.94. The molecule has 10 nitrogen and oxygen atoms in total. The molecule has 4 aromatic heterocycles. The lowest BCUT2D eigenvalue weighted by atomic mass is 9.72. The number of rotatable bonds is 7. The minimum atomic E-state index is -0.998. The van der Waals surface area contributed by atoms with E-state index in [2.05, 4.69) is 28.0 Å². The number of aromatic nitrogens is 4. The first-order valence-electron chi connectivity index (χ1n) is 13.2. The van der Waals surface area contributed by atoms with Crippen molar-refractivity contribution in [3.8, 4) is 22.9 Å². The minimum Gasteiger partial charge on any atom is -0.489 e. The monoisotopic (exact) mass is 539 g/mol. The number of nitrogens with zero attached hydrogens (tertiary/aromatic N) is 6. The number of pyridine rings is 3. The number of carbonyl (C=O) groups is 1. The summed E-state index contributed by atoms with van der Waals surface area (Å²) in [5.74, 6) is 0.877. The molecular weight excluding hydrogens is 506 g/mol. The van der Waals surface area contributed by atoms with Crippen LogP contribution in [0.3, 0.4) is 0 Å². The highest BCUT2D eigenvalue weighted by atomic mass is 16.5. The third kappa shape index (κ3) is 5.20. The molecule has 0 aliphatic carbocycles. The molecule has 10 heteroatoms. The molecule has 1 aliphatic rings. The van der Waals surface area contributed by atoms with E-state index < -0.39 is 11.5 Å². The smallest absolute Gasteiger partial charge is 0.267 e. The molecule has 40 heavy (non-hydrogen) atoms. The summed E-state index contributed by atoms with van der Waals surface area (Å²) in [5, 5.41) is 24.1. The van der Waals surface area contributed by atoms with Gasteiger partial charge in [-0.15, -0.1) is 0 Å². The maximum absolute atomic E-state index is 12.1. The van der Waals surface area contributed by atoms with Gasteiger partial charge in [0.25, 0.3) is 5.91 Å². The Balaban J connectivity index is 1.40. The fourth-order valence-electron chi connectivity index (χ4n) is 5.46. The predicted molar refractivity (Wildman–Crippen MR) is 151 cm³/mol. The number of nitriles is 1. The van der Waals surface area contributed by atoms with E-state index in [1.807, 2.05) is 31.2 Å². The van der Waals surface area contributed by atoms with Crippen LogP contribution in [0.1, 0.15) is 60.8 Å². The van der Waals surface area contributed by atoms with Gasteiger partial charge in [-0.3, -0.25) is 9.78 Å². The number of fused-ring (bicyclic) bond motifs is 1. The number of amides is 1. The van der Waals surface area contributed by atoms with Crippen molar-refractivity contribution in [2.75, 3.05) is 24.6 Å². The van der Waals surface area contributed by atoms with Crippen molar-refractivity contribution in [3.63, 3.8) is 0 Å². The molecule has 1 aliphatic heterocycles. The lowest BCUT2D eigenvalue weighted by molar-refractivity contribution is 0.0283. The van der Waals surface area contributed by atoms with E-state index in [0.29, 0.717) is 22.5 Å². The number of anilines is 1. The Kier molecular flexibility index (Phi) is 6.94. The molecule has 5 heterocycles. The lowest BCUT2D eigenvalue weighted by Gasteiger charge is -2.41. The Labute approximate surface area is 233 Å². The molecule has 1 fully saturated rings. The Morgan fingerprint density at radius 3 is 2.60 bits per heavy atom. The summed E-state index contributed by atoms with van der Waals surface area (Å²) in [6.07, 6.45) is 8.31. The first-order chi connectivity index (χ1) is 19.0. The molecule has 206 valence electrons. The lowest BCUT2D eigenvalue weighted by Crippen LogP contribution is -2.42. The first-order valence-corrected chi connectivity index (χ1v) is 13.2. The zero-order valence-corrected chi connectivity index (χ0v) is 23.2. The molecule has 0 atom stereocenters. The third-order valence-corrected chi connectivity index (χ3v) is 7.55. The van der Waals surface area contributed by atoms with Crippen LogP contribution in [0.5, 0.6) is 5.75 Å². The van der Waals surface area contributed by atoms with Gasteiger partial charge < -0.3 is 20.5 Å². The Bertz CT molecular complexity index is 1610. The van der Waals surface area contributed by atoms with Gasteiger partial charge in [0.2, 0.25) is 0 Å². The Hall–Kier alpha value is -4.49. The second-order valence-corrected chi connectivity index (χ2v) is 11.3. The van der Waals surface area contributed by atoms with Crippen molar-refractivity contribution in [1.29, 1.82) is 5.26 Å². The van der Waals surface area contributed by atoms with Gasteiger partial charge in [-0.25, -0.2) is 9.50 Å². The van der Waals surface area contributed by atoms with Crippen LogP contribution < -0.4 is 15.4 Å². The van der Waals surface area contributed by atoms with Crippen molar-refractivity contribution < 1.29 is 14.6 Å². The van der Waals surface area contributed by atoms with Gasteiger partial charge in [0.15, 0.2) is 0 Å². The highest BCUT2D eigenvalue weighted by molar-refractivity contribution is 5.93. The number of primary amides is 1. The quantitative estimate of drug-likeness (QED) is 0.361. The van der Waals surface area contributed by atoms with Gasteiger partial charge in [-0.1, -0.05) is 6.92 Å². The van der Waals surface area contributed by atoms with E-state index in [4.69, 9.17) is 15.5 Å². The number of piperidine rings is 1. The predicted octanol–water partition coefficient (Wildman–Crippen LogP) is 3.78. The van der Waals surface area contributed by atoms with Crippen LogP contribution in [-0.4, -0.2) is 55.9 Å². The highest BCUT2D eigenvalue weighted by Crippen LogP contribution is 2.39. The Morgan fingerprint density at radius 2 is 1.98 bits per heavy atom. The maximum Gasteiger partial charge on any atom is 0.267 e. The van der Waals surface area contributed by atoms with Crippen LogP contribution in [-0.2, 0) is 5.41 Å². The fourth-order valence-corrected chi connectivity index (χ4v) is 5.46. The molecule has 5 rings (SSSR count). The number of ether oxygens (including phenoxy) is 1. The van der Waals surface area contributed by atoms with Crippen LogP contribution in [0.2, 0.25) is 0 Å². The second kappa shape index (κ2) is 10.2. The van der Waals surface area contributed by atoms with Gasteiger partial charge in [-0.05, 0) is 74.4 Å². The van der Waals surface area contributed by atoms with Gasteiger partial charge in [0, 0.05) is 36.6 Å².